The highest BCUT2D eigenvalue weighted by Crippen LogP contribution is 2.28. The van der Waals surface area contributed by atoms with Crippen molar-refractivity contribution in [1.82, 2.24) is 15.1 Å². The molecule has 2 aromatic carbocycles. The standard InChI is InChI=1S/C22H22N4O4/c1-25-13-17(20(27)23-15-9-6-10-16(11-15)30-2)18-19(25)21(28)26(22(29)24-18)12-14-7-4-3-5-8-14/h3-11,13,18-19H,12H2,1-2H3,(H,23,27)(H,24,29). The van der Waals surface area contributed by atoms with E-state index in [4.69, 9.17) is 4.74 Å². The van der Waals surface area contributed by atoms with Gasteiger partial charge in [0.25, 0.3) is 11.8 Å². The van der Waals surface area contributed by atoms with E-state index in [0.717, 1.165) is 5.56 Å². The molecule has 2 unspecified atom stereocenters. The van der Waals surface area contributed by atoms with Gasteiger partial charge in [0.15, 0.2) is 0 Å². The van der Waals surface area contributed by atoms with Gasteiger partial charge in [0.2, 0.25) is 0 Å². The molecule has 1 fully saturated rings. The summed E-state index contributed by atoms with van der Waals surface area (Å²) in [7, 11) is 3.27. The highest BCUT2D eigenvalue weighted by molar-refractivity contribution is 6.09. The molecule has 30 heavy (non-hydrogen) atoms. The lowest BCUT2D eigenvalue weighted by Crippen LogP contribution is -2.64. The number of carbonyl (C=O) groups is 3. The summed E-state index contributed by atoms with van der Waals surface area (Å²) in [6.45, 7) is 0.175. The first-order valence-corrected chi connectivity index (χ1v) is 9.53. The molecule has 1 saturated heterocycles. The quantitative estimate of drug-likeness (QED) is 0.792. The number of amides is 4. The van der Waals surface area contributed by atoms with Crippen molar-refractivity contribution < 1.29 is 19.1 Å². The van der Waals surface area contributed by atoms with E-state index in [1.807, 2.05) is 30.3 Å². The molecule has 2 aliphatic rings. The van der Waals surface area contributed by atoms with Crippen molar-refractivity contribution >= 4 is 23.5 Å². The van der Waals surface area contributed by atoms with Gasteiger partial charge in [0.1, 0.15) is 11.8 Å². The molecule has 0 bridgehead atoms. The molecule has 2 aliphatic heterocycles. The fraction of sp³-hybridized carbons (Fsp3) is 0.227. The Kier molecular flexibility index (Phi) is 5.14. The lowest BCUT2D eigenvalue weighted by molar-refractivity contribution is -0.134. The summed E-state index contributed by atoms with van der Waals surface area (Å²) < 4.78 is 5.17. The van der Waals surface area contributed by atoms with Crippen LogP contribution in [-0.2, 0) is 16.1 Å². The molecular formula is C22H22N4O4. The maximum Gasteiger partial charge on any atom is 0.325 e. The molecule has 0 aliphatic carbocycles. The second-order valence-electron chi connectivity index (χ2n) is 7.22. The molecule has 0 saturated carbocycles. The summed E-state index contributed by atoms with van der Waals surface area (Å²) >= 11 is 0. The van der Waals surface area contributed by atoms with Crippen molar-refractivity contribution in [3.63, 3.8) is 0 Å². The van der Waals surface area contributed by atoms with Crippen molar-refractivity contribution in [2.75, 3.05) is 19.5 Å². The number of urea groups is 1. The van der Waals surface area contributed by atoms with E-state index in [1.54, 1.807) is 49.5 Å². The normalized spacial score (nSPS) is 20.4. The zero-order chi connectivity index (χ0) is 21.3. The number of hydrogen-bond donors (Lipinski definition) is 2. The Morgan fingerprint density at radius 3 is 2.63 bits per heavy atom. The second kappa shape index (κ2) is 7.90. The van der Waals surface area contributed by atoms with Crippen molar-refractivity contribution in [2.24, 2.45) is 0 Å². The van der Waals surface area contributed by atoms with Gasteiger partial charge < -0.3 is 20.3 Å². The maximum absolute atomic E-state index is 13.1. The fourth-order valence-electron chi connectivity index (χ4n) is 3.75. The molecule has 2 atom stereocenters. The number of nitrogens with one attached hydrogen (secondary N) is 2. The third kappa shape index (κ3) is 3.59. The molecule has 2 aromatic rings. The first-order chi connectivity index (χ1) is 14.5. The zero-order valence-corrected chi connectivity index (χ0v) is 16.7. The second-order valence-corrected chi connectivity index (χ2v) is 7.22. The number of carbonyl (C=O) groups excluding carboxylic acids is 3. The van der Waals surface area contributed by atoms with Crippen molar-refractivity contribution in [3.8, 4) is 5.75 Å². The van der Waals surface area contributed by atoms with Gasteiger partial charge in [-0.1, -0.05) is 36.4 Å². The van der Waals surface area contributed by atoms with Crippen LogP contribution in [0.1, 0.15) is 5.56 Å². The molecule has 8 heteroatoms. The SMILES string of the molecule is COc1cccc(NC(=O)C2=CN(C)C3C(=O)N(Cc4ccccc4)C(=O)NC23)c1. The number of anilines is 1. The summed E-state index contributed by atoms with van der Waals surface area (Å²) in [5, 5.41) is 5.62. The molecule has 154 valence electrons. The fourth-order valence-corrected chi connectivity index (χ4v) is 3.75. The smallest absolute Gasteiger partial charge is 0.325 e. The minimum absolute atomic E-state index is 0.175. The topological polar surface area (TPSA) is 91.0 Å². The average Bonchev–Trinajstić information content (AvgIpc) is 3.08. The van der Waals surface area contributed by atoms with E-state index in [0.29, 0.717) is 17.0 Å². The molecule has 2 N–H and O–H groups in total. The Balaban J connectivity index is 1.51. The van der Waals surface area contributed by atoms with Gasteiger partial charge in [-0.2, -0.15) is 0 Å². The Bertz CT molecular complexity index is 1020. The minimum atomic E-state index is -0.715. The van der Waals surface area contributed by atoms with Crippen LogP contribution in [0.4, 0.5) is 10.5 Å². The Labute approximate surface area is 174 Å². The third-order valence-corrected chi connectivity index (χ3v) is 5.25. The summed E-state index contributed by atoms with van der Waals surface area (Å²) in [5.41, 5.74) is 1.74. The van der Waals surface area contributed by atoms with Gasteiger partial charge in [0, 0.05) is 25.0 Å². The predicted octanol–water partition coefficient (Wildman–Crippen LogP) is 1.95. The molecular weight excluding hydrogens is 384 g/mol. The first-order valence-electron chi connectivity index (χ1n) is 9.53. The van der Waals surface area contributed by atoms with Gasteiger partial charge in [-0.05, 0) is 17.7 Å². The number of benzene rings is 2. The minimum Gasteiger partial charge on any atom is -0.497 e. The number of hydrogen-bond acceptors (Lipinski definition) is 5. The summed E-state index contributed by atoms with van der Waals surface area (Å²) in [6.07, 6.45) is 1.61. The first kappa shape index (κ1) is 19.5. The van der Waals surface area contributed by atoms with Crippen LogP contribution >= 0.6 is 0 Å². The molecule has 8 nitrogen and oxygen atoms in total. The largest absolute Gasteiger partial charge is 0.497 e. The highest BCUT2D eigenvalue weighted by Gasteiger charge is 2.49. The van der Waals surface area contributed by atoms with Crippen LogP contribution in [0, 0.1) is 0 Å². The van der Waals surface area contributed by atoms with E-state index in [-0.39, 0.29) is 18.4 Å². The third-order valence-electron chi connectivity index (χ3n) is 5.25. The number of ether oxygens (including phenoxy) is 1. The van der Waals surface area contributed by atoms with E-state index >= 15 is 0 Å². The monoisotopic (exact) mass is 406 g/mol. The van der Waals surface area contributed by atoms with Gasteiger partial charge in [-0.25, -0.2) is 4.79 Å². The van der Waals surface area contributed by atoms with E-state index in [1.165, 1.54) is 4.90 Å². The van der Waals surface area contributed by atoms with Crippen LogP contribution in [0.2, 0.25) is 0 Å². The number of nitrogens with zero attached hydrogens (tertiary/aromatic N) is 2. The summed E-state index contributed by atoms with van der Waals surface area (Å²) in [6, 6.07) is 14.4. The summed E-state index contributed by atoms with van der Waals surface area (Å²) in [4.78, 5) is 41.5. The van der Waals surface area contributed by atoms with Crippen LogP contribution in [0.25, 0.3) is 0 Å². The van der Waals surface area contributed by atoms with Gasteiger partial charge >= 0.3 is 6.03 Å². The van der Waals surface area contributed by atoms with E-state index in [2.05, 4.69) is 10.6 Å². The molecule has 4 rings (SSSR count). The Hall–Kier alpha value is -3.81. The lowest BCUT2D eigenvalue weighted by Gasteiger charge is -2.37. The van der Waals surface area contributed by atoms with E-state index in [9.17, 15) is 14.4 Å². The van der Waals surface area contributed by atoms with Crippen LogP contribution < -0.4 is 15.4 Å². The average molecular weight is 406 g/mol. The molecule has 0 radical (unpaired) electrons. The number of rotatable bonds is 5. The molecule has 0 aromatic heterocycles. The number of likely N-dealkylation sites (N-methyl/N-ethyl adjacent to an activating group) is 1. The highest BCUT2D eigenvalue weighted by atomic mass is 16.5. The van der Waals surface area contributed by atoms with Crippen LogP contribution in [0.5, 0.6) is 5.75 Å². The lowest BCUT2D eigenvalue weighted by atomic mass is 9.99. The van der Waals surface area contributed by atoms with Crippen LogP contribution in [0.15, 0.2) is 66.4 Å². The van der Waals surface area contributed by atoms with Gasteiger partial charge in [-0.15, -0.1) is 0 Å². The van der Waals surface area contributed by atoms with Gasteiger partial charge in [0.05, 0.1) is 25.3 Å². The predicted molar refractivity (Wildman–Crippen MR) is 111 cm³/mol. The maximum atomic E-state index is 13.1. The van der Waals surface area contributed by atoms with Gasteiger partial charge in [-0.3, -0.25) is 14.5 Å². The van der Waals surface area contributed by atoms with Crippen molar-refractivity contribution in [3.05, 3.63) is 71.9 Å². The summed E-state index contributed by atoms with van der Waals surface area (Å²) in [5.74, 6) is -0.108. The van der Waals surface area contributed by atoms with Crippen molar-refractivity contribution in [1.29, 1.82) is 0 Å². The zero-order valence-electron chi connectivity index (χ0n) is 16.7. The van der Waals surface area contributed by atoms with Crippen molar-refractivity contribution in [2.45, 2.75) is 18.6 Å². The number of imide groups is 1. The van der Waals surface area contributed by atoms with E-state index < -0.39 is 18.1 Å². The molecule has 0 spiro atoms. The number of methoxy groups -OCH3 is 1. The Morgan fingerprint density at radius 2 is 1.90 bits per heavy atom. The van der Waals surface area contributed by atoms with Crippen LogP contribution in [-0.4, -0.2) is 53.9 Å². The molecule has 2 heterocycles. The molecule has 4 amide bonds. The number of fused-ring (bicyclic) bond motifs is 1. The Morgan fingerprint density at radius 1 is 1.13 bits per heavy atom. The van der Waals surface area contributed by atoms with Crippen LogP contribution in [0.3, 0.4) is 0 Å².